The Labute approximate surface area is 410 Å². The lowest BCUT2D eigenvalue weighted by molar-refractivity contribution is -0.870. The predicted molar refractivity (Wildman–Crippen MR) is 286 cm³/mol. The summed E-state index contributed by atoms with van der Waals surface area (Å²) in [5.41, 5.74) is 0. The molecule has 0 aromatic heterocycles. The molecule has 67 heavy (non-hydrogen) atoms. The average molecular weight is 954 g/mol. The van der Waals surface area contributed by atoms with Crippen LogP contribution in [0.15, 0.2) is 109 Å². The Morgan fingerprint density at radius 2 is 0.970 bits per heavy atom. The van der Waals surface area contributed by atoms with Crippen molar-refractivity contribution in [1.82, 2.24) is 5.32 Å². The van der Waals surface area contributed by atoms with Gasteiger partial charge in [0.25, 0.3) is 0 Å². The smallest absolute Gasteiger partial charge is 0.456 e. The van der Waals surface area contributed by atoms with Crippen molar-refractivity contribution in [1.29, 1.82) is 0 Å². The normalized spacial score (nSPS) is 14.8. The number of ether oxygens (including phenoxy) is 1. The van der Waals surface area contributed by atoms with E-state index in [1.54, 1.807) is 0 Å². The van der Waals surface area contributed by atoms with Crippen LogP contribution in [0.1, 0.15) is 188 Å². The second kappa shape index (κ2) is 46.4. The third-order valence-electron chi connectivity index (χ3n) is 10.7. The van der Waals surface area contributed by atoms with Gasteiger partial charge >= 0.3 is 13.8 Å². The van der Waals surface area contributed by atoms with Gasteiger partial charge in [0.05, 0.1) is 33.8 Å². The minimum atomic E-state index is -4.47. The molecule has 0 bridgehead atoms. The van der Waals surface area contributed by atoms with Crippen molar-refractivity contribution in [3.8, 4) is 0 Å². The summed E-state index contributed by atoms with van der Waals surface area (Å²) in [6.45, 7) is 6.66. The van der Waals surface area contributed by atoms with Gasteiger partial charge in [-0.15, -0.1) is 0 Å². The Hall–Kier alpha value is -3.33. The van der Waals surface area contributed by atoms with Crippen LogP contribution in [0.5, 0.6) is 0 Å². The molecule has 0 fully saturated rings. The standard InChI is InChI=1S/C57H97N2O7P/c1-7-10-13-16-19-22-25-27-29-30-31-34-37-40-43-46-49-56(60)58-54(53-65-67(62,63)64-52-51-59(4,5)6)55(48-45-42-39-36-33-24-21-18-15-12-9-3)66-57(61)50-47-44-41-38-35-32-28-26-23-20-17-14-11-8-2/h10-11,13-14,19-20,22-23,27-29,31-32,34,40,43,45,48,54-55H,7-9,12,15-18,21,24-26,30,33,35-39,41-42,44,46-47,49-53H2,1-6H3,(H-,58,60,62,63)/p+1/b13-10+,14-11+,22-19+,23-20+,29-27+,32-28+,34-31+,43-40+,48-45+. The first-order chi connectivity index (χ1) is 32.4. The number of esters is 1. The van der Waals surface area contributed by atoms with Gasteiger partial charge in [-0.1, -0.05) is 188 Å². The van der Waals surface area contributed by atoms with Gasteiger partial charge in [0, 0.05) is 12.8 Å². The van der Waals surface area contributed by atoms with Gasteiger partial charge in [0.2, 0.25) is 5.91 Å². The van der Waals surface area contributed by atoms with Crippen molar-refractivity contribution in [2.45, 2.75) is 200 Å². The molecule has 0 aliphatic heterocycles. The fourth-order valence-corrected chi connectivity index (χ4v) is 7.44. The molecule has 2 N–H and O–H groups in total. The van der Waals surface area contributed by atoms with Crippen LogP contribution < -0.4 is 5.32 Å². The average Bonchev–Trinajstić information content (AvgIpc) is 3.28. The van der Waals surface area contributed by atoms with Gasteiger partial charge in [0.15, 0.2) is 0 Å². The van der Waals surface area contributed by atoms with E-state index in [0.717, 1.165) is 96.3 Å². The molecule has 0 aliphatic carbocycles. The lowest BCUT2D eigenvalue weighted by Gasteiger charge is -2.27. The van der Waals surface area contributed by atoms with Crippen LogP contribution in [0.25, 0.3) is 0 Å². The van der Waals surface area contributed by atoms with Gasteiger partial charge in [0.1, 0.15) is 19.3 Å². The third kappa shape index (κ3) is 47.5. The molecule has 1 amide bonds. The van der Waals surface area contributed by atoms with Gasteiger partial charge in [-0.05, 0) is 96.0 Å². The zero-order valence-corrected chi connectivity index (χ0v) is 44.2. The molecule has 3 unspecified atom stereocenters. The molecule has 0 aliphatic rings. The zero-order valence-electron chi connectivity index (χ0n) is 43.3. The number of allylic oxidation sites excluding steroid dienone is 17. The van der Waals surface area contributed by atoms with E-state index in [2.05, 4.69) is 111 Å². The number of nitrogens with one attached hydrogen (secondary N) is 1. The number of phosphoric acid groups is 1. The number of nitrogens with zero attached hydrogens (tertiary/aromatic N) is 1. The number of amides is 1. The molecular formula is C57H98N2O7P+. The van der Waals surface area contributed by atoms with E-state index < -0.39 is 20.0 Å². The fraction of sp³-hybridized carbons (Fsp3) is 0.649. The summed E-state index contributed by atoms with van der Waals surface area (Å²) >= 11 is 0. The van der Waals surface area contributed by atoms with E-state index in [9.17, 15) is 19.0 Å². The first-order valence-corrected chi connectivity index (χ1v) is 27.7. The molecule has 382 valence electrons. The minimum absolute atomic E-state index is 0.0173. The molecule has 0 heterocycles. The Bertz CT molecular complexity index is 1520. The number of carbonyl (C=O) groups excluding carboxylic acids is 2. The summed E-state index contributed by atoms with van der Waals surface area (Å²) in [5.74, 6) is -0.640. The first-order valence-electron chi connectivity index (χ1n) is 26.2. The topological polar surface area (TPSA) is 111 Å². The Morgan fingerprint density at radius 3 is 1.46 bits per heavy atom. The lowest BCUT2D eigenvalue weighted by atomic mass is 10.1. The van der Waals surface area contributed by atoms with Crippen LogP contribution >= 0.6 is 7.82 Å². The Kier molecular flexibility index (Phi) is 44.1. The highest BCUT2D eigenvalue weighted by atomic mass is 31.2. The van der Waals surface area contributed by atoms with E-state index >= 15 is 0 Å². The summed E-state index contributed by atoms with van der Waals surface area (Å²) in [7, 11) is 1.42. The third-order valence-corrected chi connectivity index (χ3v) is 11.7. The maximum atomic E-state index is 13.4. The maximum absolute atomic E-state index is 13.4. The van der Waals surface area contributed by atoms with Crippen molar-refractivity contribution in [3.63, 3.8) is 0 Å². The van der Waals surface area contributed by atoms with Gasteiger partial charge in [-0.2, -0.15) is 0 Å². The minimum Gasteiger partial charge on any atom is -0.456 e. The summed E-state index contributed by atoms with van der Waals surface area (Å²) in [6, 6.07) is -0.902. The summed E-state index contributed by atoms with van der Waals surface area (Å²) in [6.07, 6.45) is 62.5. The molecule has 0 saturated carbocycles. The van der Waals surface area contributed by atoms with Crippen LogP contribution in [0.3, 0.4) is 0 Å². The number of hydrogen-bond acceptors (Lipinski definition) is 6. The highest BCUT2D eigenvalue weighted by Gasteiger charge is 2.30. The maximum Gasteiger partial charge on any atom is 0.472 e. The van der Waals surface area contributed by atoms with Crippen molar-refractivity contribution in [3.05, 3.63) is 109 Å². The zero-order chi connectivity index (χ0) is 49.4. The quantitative estimate of drug-likeness (QED) is 0.0206. The Balaban J connectivity index is 5.57. The second-order valence-electron chi connectivity index (χ2n) is 18.3. The van der Waals surface area contributed by atoms with E-state index in [4.69, 9.17) is 13.8 Å². The van der Waals surface area contributed by atoms with Gasteiger partial charge in [-0.3, -0.25) is 18.6 Å². The summed E-state index contributed by atoms with van der Waals surface area (Å²) in [4.78, 5) is 37.4. The van der Waals surface area contributed by atoms with Crippen LogP contribution in [0.4, 0.5) is 0 Å². The largest absolute Gasteiger partial charge is 0.472 e. The monoisotopic (exact) mass is 954 g/mol. The number of unbranched alkanes of at least 4 members (excludes halogenated alkanes) is 13. The number of hydrogen-bond donors (Lipinski definition) is 2. The van der Waals surface area contributed by atoms with E-state index in [-0.39, 0.29) is 37.9 Å². The fourth-order valence-electron chi connectivity index (χ4n) is 6.70. The first kappa shape index (κ1) is 63.7. The molecule has 0 rings (SSSR count). The number of carbonyl (C=O) groups is 2. The molecule has 9 nitrogen and oxygen atoms in total. The van der Waals surface area contributed by atoms with Crippen molar-refractivity contribution < 1.29 is 37.3 Å². The van der Waals surface area contributed by atoms with Crippen LogP contribution in [0, 0.1) is 0 Å². The predicted octanol–water partition coefficient (Wildman–Crippen LogP) is 15.4. The van der Waals surface area contributed by atoms with Crippen molar-refractivity contribution in [2.24, 2.45) is 0 Å². The van der Waals surface area contributed by atoms with E-state index in [0.29, 0.717) is 23.9 Å². The van der Waals surface area contributed by atoms with Gasteiger partial charge < -0.3 is 19.4 Å². The van der Waals surface area contributed by atoms with Crippen LogP contribution in [-0.2, 0) is 27.9 Å². The molecule has 10 heteroatoms. The van der Waals surface area contributed by atoms with Gasteiger partial charge in [-0.25, -0.2) is 4.57 Å². The Morgan fingerprint density at radius 1 is 0.537 bits per heavy atom. The van der Waals surface area contributed by atoms with E-state index in [1.807, 2.05) is 45.4 Å². The number of rotatable bonds is 45. The molecule has 3 atom stereocenters. The summed E-state index contributed by atoms with van der Waals surface area (Å²) < 4.78 is 30.4. The SMILES string of the molecule is CC/C=C/C/C=C/C/C=C/C/C=C/C/C=C/CCC(=O)NC(COP(=O)(O)OCC[N+](C)(C)C)C(/C=C/CCCCCCCCCCC)OC(=O)CCCCCC/C=C/C/C=C/C/C=C/CC. The molecule has 0 radical (unpaired) electrons. The summed E-state index contributed by atoms with van der Waals surface area (Å²) in [5, 5.41) is 2.98. The lowest BCUT2D eigenvalue weighted by Crippen LogP contribution is -2.47. The number of phosphoric ester groups is 1. The molecule has 0 aromatic carbocycles. The molecule has 0 spiro atoms. The van der Waals surface area contributed by atoms with Crippen molar-refractivity contribution in [2.75, 3.05) is 40.9 Å². The molecule has 0 saturated heterocycles. The molecular weight excluding hydrogens is 856 g/mol. The second-order valence-corrected chi connectivity index (χ2v) is 19.7. The number of quaternary nitrogens is 1. The van der Waals surface area contributed by atoms with Crippen LogP contribution in [-0.4, -0.2) is 74.3 Å². The van der Waals surface area contributed by atoms with Crippen LogP contribution in [0.2, 0.25) is 0 Å². The highest BCUT2D eigenvalue weighted by Crippen LogP contribution is 2.43. The number of likely N-dealkylation sites (N-methyl/N-ethyl adjacent to an activating group) is 1. The molecule has 0 aromatic rings. The van der Waals surface area contributed by atoms with E-state index in [1.165, 1.54) is 44.9 Å². The van der Waals surface area contributed by atoms with Crippen molar-refractivity contribution >= 4 is 19.7 Å². The highest BCUT2D eigenvalue weighted by molar-refractivity contribution is 7.47.